The molecule has 1 aliphatic heterocycles. The topological polar surface area (TPSA) is 69.1 Å². The number of alkyl halides is 2. The van der Waals surface area contributed by atoms with Crippen molar-refractivity contribution in [3.05, 3.63) is 29.8 Å². The zero-order valence-corrected chi connectivity index (χ0v) is 19.4. The minimum atomic E-state index is -2.86. The molecule has 0 aromatic heterocycles. The summed E-state index contributed by atoms with van der Waals surface area (Å²) in [6.07, 6.45) is 1.74. The van der Waals surface area contributed by atoms with Gasteiger partial charge in [-0.1, -0.05) is 19.1 Å². The predicted molar refractivity (Wildman–Crippen MR) is 122 cm³/mol. The summed E-state index contributed by atoms with van der Waals surface area (Å²) in [6.45, 7) is 6.34. The van der Waals surface area contributed by atoms with Crippen molar-refractivity contribution in [2.75, 3.05) is 39.3 Å². The van der Waals surface area contributed by atoms with E-state index in [1.807, 2.05) is 6.92 Å². The Kier molecular flexibility index (Phi) is 12.4. The molecule has 1 aromatic rings. The standard InChI is InChI=1S/C20H32F2N4O2.HI/c1-3-23-20(24-10-12-26-11-4-5-15(2)14-26)25-13-18(27)16-6-8-17(9-7-16)28-19(21)22;/h6-9,15,18-19,27H,3-5,10-14H2,1-2H3,(H2,23,24,25);1H. The third-order valence-electron chi connectivity index (χ3n) is 4.72. The average Bonchev–Trinajstić information content (AvgIpc) is 2.66. The Hall–Kier alpha value is -1.20. The molecule has 1 fully saturated rings. The van der Waals surface area contributed by atoms with Crippen LogP contribution in [-0.2, 0) is 0 Å². The fraction of sp³-hybridized carbons (Fsp3) is 0.650. The first-order valence-electron chi connectivity index (χ1n) is 9.95. The van der Waals surface area contributed by atoms with Crippen LogP contribution < -0.4 is 15.4 Å². The maximum atomic E-state index is 12.2. The maximum absolute atomic E-state index is 12.2. The molecule has 1 heterocycles. The van der Waals surface area contributed by atoms with E-state index in [2.05, 4.69) is 32.2 Å². The van der Waals surface area contributed by atoms with Crippen molar-refractivity contribution in [1.29, 1.82) is 0 Å². The number of nitrogens with one attached hydrogen (secondary N) is 2. The molecular weight excluding hydrogens is 493 g/mol. The highest BCUT2D eigenvalue weighted by molar-refractivity contribution is 14.0. The summed E-state index contributed by atoms with van der Waals surface area (Å²) in [7, 11) is 0. The Morgan fingerprint density at radius 3 is 2.66 bits per heavy atom. The molecule has 1 aromatic carbocycles. The highest BCUT2D eigenvalue weighted by Crippen LogP contribution is 2.19. The smallest absolute Gasteiger partial charge is 0.387 e. The second kappa shape index (κ2) is 13.9. The first-order valence-corrected chi connectivity index (χ1v) is 9.95. The second-order valence-corrected chi connectivity index (χ2v) is 7.16. The van der Waals surface area contributed by atoms with Gasteiger partial charge in [-0.3, -0.25) is 4.99 Å². The van der Waals surface area contributed by atoms with Crippen LogP contribution in [0, 0.1) is 5.92 Å². The van der Waals surface area contributed by atoms with Crippen molar-refractivity contribution in [1.82, 2.24) is 15.5 Å². The van der Waals surface area contributed by atoms with Gasteiger partial charge < -0.3 is 25.4 Å². The number of ether oxygens (including phenoxy) is 1. The third kappa shape index (κ3) is 9.90. The van der Waals surface area contributed by atoms with Gasteiger partial charge >= 0.3 is 6.61 Å². The van der Waals surface area contributed by atoms with Gasteiger partial charge in [0, 0.05) is 26.2 Å². The summed E-state index contributed by atoms with van der Waals surface area (Å²) in [5.74, 6) is 1.48. The monoisotopic (exact) mass is 526 g/mol. The Morgan fingerprint density at radius 1 is 1.31 bits per heavy atom. The molecule has 2 unspecified atom stereocenters. The summed E-state index contributed by atoms with van der Waals surface area (Å²) < 4.78 is 28.7. The molecule has 0 spiro atoms. The molecule has 6 nitrogen and oxygen atoms in total. The fourth-order valence-electron chi connectivity index (χ4n) is 3.32. The lowest BCUT2D eigenvalue weighted by Crippen LogP contribution is -2.43. The highest BCUT2D eigenvalue weighted by Gasteiger charge is 2.15. The second-order valence-electron chi connectivity index (χ2n) is 7.16. The van der Waals surface area contributed by atoms with Crippen LogP contribution >= 0.6 is 24.0 Å². The molecule has 29 heavy (non-hydrogen) atoms. The SMILES string of the molecule is CCNC(=NCC(O)c1ccc(OC(F)F)cc1)NCCN1CCCC(C)C1.I. The van der Waals surface area contributed by atoms with Crippen molar-refractivity contribution in [2.45, 2.75) is 39.4 Å². The van der Waals surface area contributed by atoms with Crippen LogP contribution in [0.25, 0.3) is 0 Å². The minimum absolute atomic E-state index is 0. The summed E-state index contributed by atoms with van der Waals surface area (Å²) in [4.78, 5) is 6.89. The molecule has 166 valence electrons. The molecule has 0 aliphatic carbocycles. The van der Waals surface area contributed by atoms with Crippen LogP contribution in [0.15, 0.2) is 29.3 Å². The van der Waals surface area contributed by atoms with Crippen molar-refractivity contribution in [2.24, 2.45) is 10.9 Å². The summed E-state index contributed by atoms with van der Waals surface area (Å²) >= 11 is 0. The van der Waals surface area contributed by atoms with E-state index < -0.39 is 12.7 Å². The van der Waals surface area contributed by atoms with Crippen LogP contribution in [0.4, 0.5) is 8.78 Å². The van der Waals surface area contributed by atoms with Gasteiger partial charge in [0.05, 0.1) is 12.6 Å². The number of aliphatic hydroxyl groups excluding tert-OH is 1. The fourth-order valence-corrected chi connectivity index (χ4v) is 3.32. The number of nitrogens with zero attached hydrogens (tertiary/aromatic N) is 2. The number of benzene rings is 1. The molecule has 9 heteroatoms. The highest BCUT2D eigenvalue weighted by atomic mass is 127. The van der Waals surface area contributed by atoms with E-state index in [0.717, 1.165) is 38.6 Å². The number of guanidine groups is 1. The van der Waals surface area contributed by atoms with Crippen LogP contribution in [0.1, 0.15) is 38.4 Å². The molecule has 3 N–H and O–H groups in total. The molecule has 0 radical (unpaired) electrons. The molecule has 1 aliphatic rings. The van der Waals surface area contributed by atoms with E-state index in [4.69, 9.17) is 0 Å². The van der Waals surface area contributed by atoms with E-state index in [0.29, 0.717) is 11.5 Å². The van der Waals surface area contributed by atoms with Crippen molar-refractivity contribution >= 4 is 29.9 Å². The van der Waals surface area contributed by atoms with Crippen LogP contribution in [0.2, 0.25) is 0 Å². The Balaban J connectivity index is 0.00000420. The van der Waals surface area contributed by atoms with Crippen molar-refractivity contribution < 1.29 is 18.6 Å². The zero-order chi connectivity index (χ0) is 20.4. The van der Waals surface area contributed by atoms with Gasteiger partial charge in [0.25, 0.3) is 0 Å². The van der Waals surface area contributed by atoms with Gasteiger partial charge in [0.1, 0.15) is 5.75 Å². The zero-order valence-electron chi connectivity index (χ0n) is 17.1. The van der Waals surface area contributed by atoms with Gasteiger partial charge in [0.15, 0.2) is 5.96 Å². The van der Waals surface area contributed by atoms with Crippen molar-refractivity contribution in [3.63, 3.8) is 0 Å². The summed E-state index contributed by atoms with van der Waals surface area (Å²) in [5.41, 5.74) is 0.600. The van der Waals surface area contributed by atoms with Gasteiger partial charge in [0.2, 0.25) is 0 Å². The summed E-state index contributed by atoms with van der Waals surface area (Å²) in [5, 5.41) is 16.8. The lowest BCUT2D eigenvalue weighted by Gasteiger charge is -2.30. The number of rotatable bonds is 9. The quantitative estimate of drug-likeness (QED) is 0.262. The van der Waals surface area contributed by atoms with Gasteiger partial charge in [-0.05, 0) is 49.9 Å². The van der Waals surface area contributed by atoms with E-state index in [1.54, 1.807) is 12.1 Å². The molecule has 0 bridgehead atoms. The van der Waals surface area contributed by atoms with E-state index >= 15 is 0 Å². The number of hydrogen-bond acceptors (Lipinski definition) is 4. The normalized spacial score (nSPS) is 18.8. The predicted octanol–water partition coefficient (Wildman–Crippen LogP) is 3.23. The van der Waals surface area contributed by atoms with Crippen molar-refractivity contribution in [3.8, 4) is 5.75 Å². The first kappa shape index (κ1) is 25.8. The number of aliphatic imine (C=N–C) groups is 1. The third-order valence-corrected chi connectivity index (χ3v) is 4.72. The molecule has 1 saturated heterocycles. The molecule has 2 atom stereocenters. The average molecular weight is 526 g/mol. The Bertz CT molecular complexity index is 605. The number of likely N-dealkylation sites (tertiary alicyclic amines) is 1. The molecular formula is C20H33F2IN4O2. The van der Waals surface area contributed by atoms with Gasteiger partial charge in [-0.2, -0.15) is 8.78 Å². The lowest BCUT2D eigenvalue weighted by molar-refractivity contribution is -0.0498. The largest absolute Gasteiger partial charge is 0.435 e. The Morgan fingerprint density at radius 2 is 2.03 bits per heavy atom. The number of piperidine rings is 1. The minimum Gasteiger partial charge on any atom is -0.435 e. The Labute approximate surface area is 189 Å². The van der Waals surface area contributed by atoms with E-state index in [-0.39, 0.29) is 36.3 Å². The lowest BCUT2D eigenvalue weighted by atomic mass is 10.0. The molecule has 2 rings (SSSR count). The van der Waals surface area contributed by atoms with E-state index in [9.17, 15) is 13.9 Å². The number of hydrogen-bond donors (Lipinski definition) is 3. The summed E-state index contributed by atoms with van der Waals surface area (Å²) in [6, 6.07) is 5.96. The van der Waals surface area contributed by atoms with E-state index in [1.165, 1.54) is 25.0 Å². The van der Waals surface area contributed by atoms with Gasteiger partial charge in [-0.25, -0.2) is 0 Å². The maximum Gasteiger partial charge on any atom is 0.387 e. The first-order chi connectivity index (χ1) is 13.5. The van der Waals surface area contributed by atoms with Crippen LogP contribution in [0.3, 0.4) is 0 Å². The number of aliphatic hydroxyl groups is 1. The van der Waals surface area contributed by atoms with Crippen LogP contribution in [0.5, 0.6) is 5.75 Å². The van der Waals surface area contributed by atoms with Gasteiger partial charge in [-0.15, -0.1) is 24.0 Å². The number of halogens is 3. The molecule has 0 saturated carbocycles. The molecule has 0 amide bonds. The van der Waals surface area contributed by atoms with Crippen LogP contribution in [-0.4, -0.2) is 61.8 Å².